The molecule has 0 spiro atoms. The summed E-state index contributed by atoms with van der Waals surface area (Å²) < 4.78 is 0. The summed E-state index contributed by atoms with van der Waals surface area (Å²) in [5.74, 6) is 0. The molecule has 1 heterocycles. The lowest BCUT2D eigenvalue weighted by molar-refractivity contribution is 0.211. The van der Waals surface area contributed by atoms with E-state index < -0.39 is 0 Å². The van der Waals surface area contributed by atoms with Crippen LogP contribution in [-0.2, 0) is 0 Å². The highest BCUT2D eigenvalue weighted by molar-refractivity contribution is 5.83. The molecule has 1 N–H and O–H groups in total. The summed E-state index contributed by atoms with van der Waals surface area (Å²) in [5, 5.41) is 11.0. The van der Waals surface area contributed by atoms with Crippen LogP contribution in [0, 0.1) is 0 Å². The molecule has 1 aromatic carbocycles. The van der Waals surface area contributed by atoms with Gasteiger partial charge in [0.05, 0.1) is 11.6 Å². The van der Waals surface area contributed by atoms with Crippen LogP contribution in [0.15, 0.2) is 42.6 Å². The van der Waals surface area contributed by atoms with E-state index in [0.717, 1.165) is 36.6 Å². The van der Waals surface area contributed by atoms with E-state index in [-0.39, 0.29) is 6.10 Å². The van der Waals surface area contributed by atoms with Gasteiger partial charge >= 0.3 is 0 Å². The standard InChI is InChI=1S/C16H17NO/c18-15-6-2-1-4-13(10-15)14-8-7-12-5-3-9-17-16(12)11-14/h3,5,7-11,15,18H,1-2,4,6H2. The number of pyridine rings is 1. The van der Waals surface area contributed by atoms with Gasteiger partial charge in [0.1, 0.15) is 0 Å². The Balaban J connectivity index is 2.03. The minimum absolute atomic E-state index is 0.290. The molecular weight excluding hydrogens is 222 g/mol. The number of aromatic nitrogens is 1. The summed E-state index contributed by atoms with van der Waals surface area (Å²) in [6.45, 7) is 0. The van der Waals surface area contributed by atoms with Crippen LogP contribution in [0.1, 0.15) is 31.2 Å². The number of fused-ring (bicyclic) bond motifs is 1. The zero-order valence-corrected chi connectivity index (χ0v) is 10.3. The van der Waals surface area contributed by atoms with E-state index in [4.69, 9.17) is 0 Å². The first kappa shape index (κ1) is 11.4. The molecule has 0 saturated carbocycles. The fraction of sp³-hybridized carbons (Fsp3) is 0.312. The van der Waals surface area contributed by atoms with Crippen LogP contribution in [0.25, 0.3) is 16.5 Å². The Kier molecular flexibility index (Phi) is 3.11. The van der Waals surface area contributed by atoms with E-state index >= 15 is 0 Å². The fourth-order valence-electron chi connectivity index (χ4n) is 2.57. The van der Waals surface area contributed by atoms with Gasteiger partial charge in [0.25, 0.3) is 0 Å². The lowest BCUT2D eigenvalue weighted by Gasteiger charge is -2.07. The van der Waals surface area contributed by atoms with Gasteiger partial charge in [-0.3, -0.25) is 4.98 Å². The summed E-state index contributed by atoms with van der Waals surface area (Å²) in [4.78, 5) is 4.39. The molecule has 1 aromatic heterocycles. The maximum atomic E-state index is 9.84. The van der Waals surface area contributed by atoms with Crippen molar-refractivity contribution in [1.82, 2.24) is 4.98 Å². The van der Waals surface area contributed by atoms with Gasteiger partial charge < -0.3 is 5.11 Å². The maximum Gasteiger partial charge on any atom is 0.0726 e. The van der Waals surface area contributed by atoms with E-state index in [1.54, 1.807) is 0 Å². The van der Waals surface area contributed by atoms with Crippen molar-refractivity contribution in [2.24, 2.45) is 0 Å². The fourth-order valence-corrected chi connectivity index (χ4v) is 2.57. The van der Waals surface area contributed by atoms with Crippen LogP contribution in [0.3, 0.4) is 0 Å². The lowest BCUT2D eigenvalue weighted by atomic mass is 9.99. The SMILES string of the molecule is OC1C=C(c2ccc3cccnc3c2)CCCC1. The van der Waals surface area contributed by atoms with Crippen molar-refractivity contribution in [3.63, 3.8) is 0 Å². The molecule has 3 rings (SSSR count). The first-order chi connectivity index (χ1) is 8.83. The molecule has 1 aliphatic rings. The molecule has 92 valence electrons. The van der Waals surface area contributed by atoms with Gasteiger partial charge in [-0.15, -0.1) is 0 Å². The molecule has 2 nitrogen and oxygen atoms in total. The smallest absolute Gasteiger partial charge is 0.0726 e. The molecule has 1 aliphatic carbocycles. The van der Waals surface area contributed by atoms with Crippen molar-refractivity contribution in [2.45, 2.75) is 31.8 Å². The topological polar surface area (TPSA) is 33.1 Å². The molecule has 0 bridgehead atoms. The number of hydrogen-bond donors (Lipinski definition) is 1. The van der Waals surface area contributed by atoms with Crippen LogP contribution in [0.4, 0.5) is 0 Å². The number of aliphatic hydroxyl groups is 1. The Morgan fingerprint density at radius 1 is 1.17 bits per heavy atom. The second-order valence-electron chi connectivity index (χ2n) is 4.92. The van der Waals surface area contributed by atoms with Gasteiger partial charge in [-0.2, -0.15) is 0 Å². The minimum Gasteiger partial charge on any atom is -0.389 e. The third-order valence-corrected chi connectivity index (χ3v) is 3.57. The lowest BCUT2D eigenvalue weighted by Crippen LogP contribution is -2.00. The normalized spacial score (nSPS) is 20.5. The summed E-state index contributed by atoms with van der Waals surface area (Å²) in [5.41, 5.74) is 3.48. The highest BCUT2D eigenvalue weighted by Gasteiger charge is 2.11. The molecule has 0 fully saturated rings. The predicted octanol–water partition coefficient (Wildman–Crippen LogP) is 3.55. The number of allylic oxidation sites excluding steroid dienone is 1. The van der Waals surface area contributed by atoms with E-state index in [1.165, 1.54) is 11.1 Å². The van der Waals surface area contributed by atoms with Gasteiger partial charge in [0.15, 0.2) is 0 Å². The van der Waals surface area contributed by atoms with E-state index in [2.05, 4.69) is 29.2 Å². The molecule has 0 radical (unpaired) electrons. The molecular formula is C16H17NO. The van der Waals surface area contributed by atoms with Gasteiger partial charge in [-0.25, -0.2) is 0 Å². The summed E-state index contributed by atoms with van der Waals surface area (Å²) in [6, 6.07) is 10.4. The highest BCUT2D eigenvalue weighted by Crippen LogP contribution is 2.27. The van der Waals surface area contributed by atoms with Crippen molar-refractivity contribution in [1.29, 1.82) is 0 Å². The Bertz CT molecular complexity index is 588. The third-order valence-electron chi connectivity index (χ3n) is 3.57. The van der Waals surface area contributed by atoms with Crippen LogP contribution in [0.5, 0.6) is 0 Å². The van der Waals surface area contributed by atoms with Gasteiger partial charge in [0, 0.05) is 11.6 Å². The first-order valence-corrected chi connectivity index (χ1v) is 6.57. The van der Waals surface area contributed by atoms with E-state index in [1.807, 2.05) is 18.3 Å². The molecule has 1 atom stereocenters. The van der Waals surface area contributed by atoms with E-state index in [0.29, 0.717) is 0 Å². The molecule has 2 heteroatoms. The summed E-state index contributed by atoms with van der Waals surface area (Å²) in [6.07, 6.45) is 7.74. The van der Waals surface area contributed by atoms with Crippen molar-refractivity contribution in [2.75, 3.05) is 0 Å². The van der Waals surface area contributed by atoms with Crippen molar-refractivity contribution in [3.05, 3.63) is 48.2 Å². The maximum absolute atomic E-state index is 9.84. The number of nitrogens with zero attached hydrogens (tertiary/aromatic N) is 1. The predicted molar refractivity (Wildman–Crippen MR) is 74.2 cm³/mol. The largest absolute Gasteiger partial charge is 0.389 e. The number of rotatable bonds is 1. The molecule has 0 saturated heterocycles. The first-order valence-electron chi connectivity index (χ1n) is 6.57. The number of aliphatic hydroxyl groups excluding tert-OH is 1. The van der Waals surface area contributed by atoms with Crippen molar-refractivity contribution in [3.8, 4) is 0 Å². The zero-order chi connectivity index (χ0) is 12.4. The van der Waals surface area contributed by atoms with Crippen molar-refractivity contribution < 1.29 is 5.11 Å². The van der Waals surface area contributed by atoms with Gasteiger partial charge in [-0.1, -0.05) is 30.7 Å². The summed E-state index contributed by atoms with van der Waals surface area (Å²) in [7, 11) is 0. The Labute approximate surface area is 107 Å². The molecule has 1 unspecified atom stereocenters. The third kappa shape index (κ3) is 2.29. The molecule has 18 heavy (non-hydrogen) atoms. The van der Waals surface area contributed by atoms with Crippen LogP contribution in [-0.4, -0.2) is 16.2 Å². The van der Waals surface area contributed by atoms with Crippen LogP contribution < -0.4 is 0 Å². The average molecular weight is 239 g/mol. The zero-order valence-electron chi connectivity index (χ0n) is 10.3. The van der Waals surface area contributed by atoms with Crippen LogP contribution in [0.2, 0.25) is 0 Å². The highest BCUT2D eigenvalue weighted by atomic mass is 16.3. The molecule has 2 aromatic rings. The van der Waals surface area contributed by atoms with Crippen molar-refractivity contribution >= 4 is 16.5 Å². The van der Waals surface area contributed by atoms with E-state index in [9.17, 15) is 5.11 Å². The molecule has 0 aliphatic heterocycles. The minimum atomic E-state index is -0.290. The Morgan fingerprint density at radius 2 is 2.11 bits per heavy atom. The monoisotopic (exact) mass is 239 g/mol. The summed E-state index contributed by atoms with van der Waals surface area (Å²) >= 11 is 0. The van der Waals surface area contributed by atoms with Crippen LogP contribution >= 0.6 is 0 Å². The Morgan fingerprint density at radius 3 is 3.06 bits per heavy atom. The Hall–Kier alpha value is -1.67. The average Bonchev–Trinajstić information content (AvgIpc) is 2.63. The quantitative estimate of drug-likeness (QED) is 0.825. The second-order valence-corrected chi connectivity index (χ2v) is 4.92. The number of benzene rings is 1. The second kappa shape index (κ2) is 4.91. The van der Waals surface area contributed by atoms with Gasteiger partial charge in [0.2, 0.25) is 0 Å². The molecule has 0 amide bonds. The number of hydrogen-bond acceptors (Lipinski definition) is 2. The van der Waals surface area contributed by atoms with Gasteiger partial charge in [-0.05, 0) is 42.5 Å².